The predicted octanol–water partition coefficient (Wildman–Crippen LogP) is 1.57. The van der Waals surface area contributed by atoms with Crippen molar-refractivity contribution in [3.8, 4) is 11.8 Å². The first-order valence-electron chi connectivity index (χ1n) is 7.49. The van der Waals surface area contributed by atoms with Gasteiger partial charge in [-0.2, -0.15) is 9.68 Å². The highest BCUT2D eigenvalue weighted by Crippen LogP contribution is 2.52. The van der Waals surface area contributed by atoms with E-state index in [4.69, 9.17) is 4.89 Å². The summed E-state index contributed by atoms with van der Waals surface area (Å²) in [6.45, 7) is 0.298. The zero-order chi connectivity index (χ0) is 15.5. The van der Waals surface area contributed by atoms with Crippen molar-refractivity contribution in [2.24, 2.45) is 17.8 Å². The second-order valence-electron chi connectivity index (χ2n) is 5.71. The summed E-state index contributed by atoms with van der Waals surface area (Å²) in [6, 6.07) is 0. The fourth-order valence-electron chi connectivity index (χ4n) is 3.19. The van der Waals surface area contributed by atoms with Crippen LogP contribution in [-0.2, 0) is 24.2 Å². The fraction of sp³-hybridized carbons (Fsp3) is 0.667. The van der Waals surface area contributed by atoms with Gasteiger partial charge in [0.15, 0.2) is 0 Å². The molecule has 0 aromatic rings. The number of hydrogen-bond acceptors (Lipinski definition) is 6. The van der Waals surface area contributed by atoms with E-state index in [1.165, 1.54) is 0 Å². The molecule has 7 nitrogen and oxygen atoms in total. The molecule has 3 rings (SSSR count). The van der Waals surface area contributed by atoms with Gasteiger partial charge in [0.1, 0.15) is 0 Å². The van der Waals surface area contributed by atoms with E-state index < -0.39 is 18.0 Å². The van der Waals surface area contributed by atoms with E-state index in [1.807, 2.05) is 0 Å². The Morgan fingerprint density at radius 1 is 1.09 bits per heavy atom. The number of hydroxylamine groups is 2. The predicted molar refractivity (Wildman–Crippen MR) is 71.3 cm³/mol. The van der Waals surface area contributed by atoms with E-state index >= 15 is 0 Å². The van der Waals surface area contributed by atoms with E-state index in [2.05, 4.69) is 21.6 Å². The van der Waals surface area contributed by atoms with Crippen LogP contribution in [0.2, 0.25) is 0 Å². The number of nitrogens with zero attached hydrogens (tertiary/aromatic N) is 1. The zero-order valence-corrected chi connectivity index (χ0v) is 12.1. The van der Waals surface area contributed by atoms with Gasteiger partial charge in [0, 0.05) is 25.7 Å². The average molecular weight is 307 g/mol. The van der Waals surface area contributed by atoms with Crippen LogP contribution in [0.15, 0.2) is 0 Å². The molecule has 0 radical (unpaired) electrons. The lowest BCUT2D eigenvalue weighted by Crippen LogP contribution is -2.32. The highest BCUT2D eigenvalue weighted by molar-refractivity contribution is 6.01. The number of carbonyl (C=O) groups excluding carboxylic acids is 3. The van der Waals surface area contributed by atoms with Gasteiger partial charge in [-0.3, -0.25) is 19.3 Å². The van der Waals surface area contributed by atoms with Crippen molar-refractivity contribution in [1.82, 2.24) is 5.06 Å². The van der Waals surface area contributed by atoms with Crippen LogP contribution < -0.4 is 0 Å². The van der Waals surface area contributed by atoms with Gasteiger partial charge in [-0.05, 0) is 30.6 Å². The number of hydrogen-bond donors (Lipinski definition) is 0. The smallest absolute Gasteiger partial charge is 0.293 e. The van der Waals surface area contributed by atoms with Crippen LogP contribution in [0.3, 0.4) is 0 Å². The minimum Gasteiger partial charge on any atom is -0.293 e. The van der Waals surface area contributed by atoms with Gasteiger partial charge in [0.25, 0.3) is 11.8 Å². The van der Waals surface area contributed by atoms with Crippen molar-refractivity contribution < 1.29 is 29.0 Å². The van der Waals surface area contributed by atoms with Gasteiger partial charge in [-0.15, -0.1) is 11.8 Å². The molecule has 1 saturated carbocycles. The van der Waals surface area contributed by atoms with Gasteiger partial charge in [0.05, 0.1) is 6.61 Å². The highest BCUT2D eigenvalue weighted by atomic mass is 17.2. The summed E-state index contributed by atoms with van der Waals surface area (Å²) in [6.07, 6.45) is 2.78. The monoisotopic (exact) mass is 307 g/mol. The lowest BCUT2D eigenvalue weighted by molar-refractivity contribution is -0.274. The number of amides is 2. The Hall–Kier alpha value is -2.07. The van der Waals surface area contributed by atoms with Crippen LogP contribution in [0.5, 0.6) is 0 Å². The Balaban J connectivity index is 1.36. The second-order valence-corrected chi connectivity index (χ2v) is 5.71. The molecule has 1 aliphatic heterocycles. The largest absolute Gasteiger partial charge is 0.566 e. The first-order valence-corrected chi connectivity index (χ1v) is 7.49. The molecule has 1 heterocycles. The van der Waals surface area contributed by atoms with Crippen molar-refractivity contribution in [2.45, 2.75) is 38.5 Å². The number of rotatable bonds is 4. The van der Waals surface area contributed by atoms with Crippen molar-refractivity contribution in [2.75, 3.05) is 6.61 Å². The first kappa shape index (κ1) is 14.9. The molecule has 0 unspecified atom stereocenters. The van der Waals surface area contributed by atoms with Gasteiger partial charge in [-0.25, -0.2) is 0 Å². The molecule has 0 spiro atoms. The standard InChI is InChI=1S/C15H17NO6/c17-13-7-8-14(18)16(13)21-15(19)22-20-9-12-10-5-3-1-2-4-6-11(10)12/h10-12H,3-9H2/t10-,11+,12-. The third-order valence-corrected chi connectivity index (χ3v) is 4.40. The highest BCUT2D eigenvalue weighted by Gasteiger charge is 2.49. The molecule has 118 valence electrons. The van der Waals surface area contributed by atoms with E-state index in [1.54, 1.807) is 0 Å². The van der Waals surface area contributed by atoms with Crippen molar-refractivity contribution in [3.05, 3.63) is 0 Å². The van der Waals surface area contributed by atoms with Gasteiger partial charge >= 0.3 is 6.16 Å². The molecule has 0 bridgehead atoms. The van der Waals surface area contributed by atoms with Crippen LogP contribution in [0.1, 0.15) is 38.5 Å². The number of fused-ring (bicyclic) bond motifs is 1. The van der Waals surface area contributed by atoms with Crippen LogP contribution >= 0.6 is 0 Å². The molecule has 1 saturated heterocycles. The molecule has 0 aromatic heterocycles. The Morgan fingerprint density at radius 3 is 2.27 bits per heavy atom. The summed E-state index contributed by atoms with van der Waals surface area (Å²) < 4.78 is 0. The summed E-state index contributed by atoms with van der Waals surface area (Å²) in [5.74, 6) is 6.66. The summed E-state index contributed by atoms with van der Waals surface area (Å²) in [5.41, 5.74) is 0. The molecule has 2 amide bonds. The normalized spacial score (nSPS) is 29.8. The Morgan fingerprint density at radius 2 is 1.68 bits per heavy atom. The minimum absolute atomic E-state index is 0.0421. The van der Waals surface area contributed by atoms with Crippen LogP contribution in [0.25, 0.3) is 0 Å². The maximum atomic E-state index is 11.4. The van der Waals surface area contributed by atoms with E-state index in [-0.39, 0.29) is 12.8 Å². The Bertz CT molecular complexity index is 514. The topological polar surface area (TPSA) is 82.1 Å². The molecule has 0 N–H and O–H groups in total. The maximum Gasteiger partial charge on any atom is 0.566 e. The maximum absolute atomic E-state index is 11.4. The third-order valence-electron chi connectivity index (χ3n) is 4.40. The van der Waals surface area contributed by atoms with Crippen LogP contribution in [-0.4, -0.2) is 29.6 Å². The summed E-state index contributed by atoms with van der Waals surface area (Å²) >= 11 is 0. The first-order chi connectivity index (χ1) is 10.7. The molecule has 2 fully saturated rings. The van der Waals surface area contributed by atoms with Crippen molar-refractivity contribution in [1.29, 1.82) is 0 Å². The van der Waals surface area contributed by atoms with E-state index in [0.29, 0.717) is 29.4 Å². The molecular weight excluding hydrogens is 290 g/mol. The zero-order valence-electron chi connectivity index (χ0n) is 12.1. The van der Waals surface area contributed by atoms with E-state index in [9.17, 15) is 14.4 Å². The summed E-state index contributed by atoms with van der Waals surface area (Å²) in [4.78, 5) is 47.8. The number of carbonyl (C=O) groups is 3. The number of imide groups is 1. The molecule has 3 atom stereocenters. The Labute approximate surface area is 127 Å². The van der Waals surface area contributed by atoms with Crippen LogP contribution in [0.4, 0.5) is 4.79 Å². The van der Waals surface area contributed by atoms with Gasteiger partial charge in [-0.1, -0.05) is 5.06 Å². The second kappa shape index (κ2) is 6.36. The minimum atomic E-state index is -1.20. The molecular formula is C15H17NO6. The van der Waals surface area contributed by atoms with Gasteiger partial charge < -0.3 is 0 Å². The SMILES string of the molecule is O=C(OOC[C@@H]1[C@@H]2CCC#CCC[C@@H]21)ON1C(=O)CCC1=O. The van der Waals surface area contributed by atoms with Crippen LogP contribution in [0, 0.1) is 29.6 Å². The third kappa shape index (κ3) is 3.22. The van der Waals surface area contributed by atoms with Crippen molar-refractivity contribution >= 4 is 18.0 Å². The average Bonchev–Trinajstić information content (AvgIpc) is 3.00. The quantitative estimate of drug-likeness (QED) is 0.339. The lowest BCUT2D eigenvalue weighted by atomic mass is 10.1. The fourth-order valence-corrected chi connectivity index (χ4v) is 3.19. The Kier molecular flexibility index (Phi) is 4.29. The molecule has 7 heteroatoms. The summed E-state index contributed by atoms with van der Waals surface area (Å²) in [7, 11) is 0. The molecule has 3 aliphatic rings. The summed E-state index contributed by atoms with van der Waals surface area (Å²) in [5, 5.41) is 0.425. The van der Waals surface area contributed by atoms with E-state index in [0.717, 1.165) is 25.7 Å². The molecule has 0 aromatic carbocycles. The molecule has 22 heavy (non-hydrogen) atoms. The lowest BCUT2D eigenvalue weighted by Gasteiger charge is -2.11. The van der Waals surface area contributed by atoms with Gasteiger partial charge in [0.2, 0.25) is 0 Å². The van der Waals surface area contributed by atoms with Crippen molar-refractivity contribution in [3.63, 3.8) is 0 Å². The molecule has 2 aliphatic carbocycles.